The van der Waals surface area contributed by atoms with E-state index in [2.05, 4.69) is 10.4 Å². The van der Waals surface area contributed by atoms with Crippen LogP contribution < -0.4 is 5.43 Å². The van der Waals surface area contributed by atoms with Gasteiger partial charge in [-0.25, -0.2) is 4.98 Å². The molecule has 0 saturated heterocycles. The summed E-state index contributed by atoms with van der Waals surface area (Å²) in [7, 11) is 0. The molecule has 0 atom stereocenters. The quantitative estimate of drug-likeness (QED) is 0.594. The van der Waals surface area contributed by atoms with E-state index in [0.717, 1.165) is 10.7 Å². The number of aliphatic carboxylic acids is 1. The zero-order valence-electron chi connectivity index (χ0n) is 12.7. The maximum Gasteiger partial charge on any atom is 0.419 e. The van der Waals surface area contributed by atoms with Crippen molar-refractivity contribution >= 4 is 23.4 Å². The summed E-state index contributed by atoms with van der Waals surface area (Å²) in [5.74, 6) is -2.16. The number of nitrogens with one attached hydrogen (secondary N) is 1. The molecule has 0 amide bonds. The number of aromatic hydroxyl groups is 2. The van der Waals surface area contributed by atoms with E-state index in [9.17, 15) is 28.2 Å². The third-order valence-corrected chi connectivity index (χ3v) is 3.74. The number of pyridine rings is 1. The van der Waals surface area contributed by atoms with Crippen LogP contribution in [-0.2, 0) is 17.4 Å². The molecular formula is C14H13ClF3N3O4. The Bertz CT molecular complexity index is 821. The van der Waals surface area contributed by atoms with Crippen LogP contribution in [0.5, 0.6) is 11.8 Å². The van der Waals surface area contributed by atoms with Crippen molar-refractivity contribution < 1.29 is 33.3 Å². The van der Waals surface area contributed by atoms with Gasteiger partial charge < -0.3 is 15.3 Å². The summed E-state index contributed by atoms with van der Waals surface area (Å²) in [6.07, 6.45) is -4.99. The van der Waals surface area contributed by atoms with E-state index in [1.165, 1.54) is 6.92 Å². The number of anilines is 1. The molecule has 0 saturated carbocycles. The number of alkyl halides is 3. The highest BCUT2D eigenvalue weighted by Gasteiger charge is 2.34. The van der Waals surface area contributed by atoms with Gasteiger partial charge in [0.2, 0.25) is 11.8 Å². The lowest BCUT2D eigenvalue weighted by atomic mass is 10.1. The minimum absolute atomic E-state index is 0.0452. The molecule has 2 rings (SSSR count). The normalized spacial score (nSPS) is 11.6. The highest BCUT2D eigenvalue weighted by atomic mass is 35.5. The van der Waals surface area contributed by atoms with E-state index in [0.29, 0.717) is 6.07 Å². The summed E-state index contributed by atoms with van der Waals surface area (Å²) in [4.78, 5) is 14.2. The average molecular weight is 380 g/mol. The second-order valence-corrected chi connectivity index (χ2v) is 5.48. The second kappa shape index (κ2) is 6.71. The molecule has 0 aliphatic rings. The first-order valence-electron chi connectivity index (χ1n) is 6.87. The van der Waals surface area contributed by atoms with Crippen molar-refractivity contribution in [2.24, 2.45) is 0 Å². The van der Waals surface area contributed by atoms with Crippen LogP contribution in [0.25, 0.3) is 0 Å². The Morgan fingerprint density at radius 2 is 1.96 bits per heavy atom. The summed E-state index contributed by atoms with van der Waals surface area (Å²) < 4.78 is 38.8. The summed E-state index contributed by atoms with van der Waals surface area (Å²) in [6, 6.07) is 1.67. The van der Waals surface area contributed by atoms with Gasteiger partial charge >= 0.3 is 12.1 Å². The first-order chi connectivity index (χ1) is 11.5. The minimum atomic E-state index is -4.67. The van der Waals surface area contributed by atoms with Crippen molar-refractivity contribution in [2.75, 3.05) is 5.43 Å². The summed E-state index contributed by atoms with van der Waals surface area (Å²) in [5, 5.41) is 28.1. The number of carbonyl (C=O) groups is 1. The fourth-order valence-electron chi connectivity index (χ4n) is 2.17. The number of carboxylic acid groups (broad SMARTS) is 1. The van der Waals surface area contributed by atoms with Crippen LogP contribution in [0.4, 0.5) is 19.0 Å². The standard InChI is InChI=1S/C14H13ClF3N3O4/c1-6-7(2-5-10(22)23)13(25)21(12(6)24)20-9-4-3-8(11(15)19-9)14(16,17)18/h3-4,24-25H,2,5H2,1H3,(H,19,20)(H,22,23). The molecule has 0 aliphatic carbocycles. The molecule has 0 fully saturated rings. The monoisotopic (exact) mass is 379 g/mol. The fourth-order valence-corrected chi connectivity index (χ4v) is 2.43. The number of hydrogen-bond donors (Lipinski definition) is 4. The van der Waals surface area contributed by atoms with Crippen molar-refractivity contribution in [3.63, 3.8) is 0 Å². The third-order valence-electron chi connectivity index (χ3n) is 3.45. The van der Waals surface area contributed by atoms with Crippen molar-refractivity contribution in [1.82, 2.24) is 9.66 Å². The van der Waals surface area contributed by atoms with Crippen LogP contribution in [0, 0.1) is 6.92 Å². The molecule has 2 aromatic heterocycles. The topological polar surface area (TPSA) is 108 Å². The zero-order valence-corrected chi connectivity index (χ0v) is 13.5. The van der Waals surface area contributed by atoms with Gasteiger partial charge in [-0.3, -0.25) is 10.2 Å². The highest BCUT2D eigenvalue weighted by molar-refractivity contribution is 6.30. The van der Waals surface area contributed by atoms with Gasteiger partial charge in [0.1, 0.15) is 11.0 Å². The maximum atomic E-state index is 12.7. The molecule has 0 unspecified atom stereocenters. The predicted molar refractivity (Wildman–Crippen MR) is 81.7 cm³/mol. The maximum absolute atomic E-state index is 12.7. The lowest BCUT2D eigenvalue weighted by Gasteiger charge is -2.12. The van der Waals surface area contributed by atoms with Gasteiger partial charge in [0.15, 0.2) is 0 Å². The van der Waals surface area contributed by atoms with E-state index >= 15 is 0 Å². The molecule has 0 aromatic carbocycles. The van der Waals surface area contributed by atoms with Gasteiger partial charge in [-0.15, -0.1) is 0 Å². The van der Waals surface area contributed by atoms with Gasteiger partial charge in [0.05, 0.1) is 5.56 Å². The molecular weight excluding hydrogens is 367 g/mol. The van der Waals surface area contributed by atoms with Crippen molar-refractivity contribution in [2.45, 2.75) is 25.9 Å². The molecule has 2 aromatic rings. The molecule has 0 radical (unpaired) electrons. The van der Waals surface area contributed by atoms with E-state index in [1.54, 1.807) is 0 Å². The summed E-state index contributed by atoms with van der Waals surface area (Å²) >= 11 is 5.51. The Morgan fingerprint density at radius 1 is 1.32 bits per heavy atom. The Morgan fingerprint density at radius 3 is 2.48 bits per heavy atom. The Balaban J connectivity index is 2.33. The van der Waals surface area contributed by atoms with Crippen LogP contribution >= 0.6 is 11.6 Å². The number of hydrogen-bond acceptors (Lipinski definition) is 5. The summed E-state index contributed by atoms with van der Waals surface area (Å²) in [6.45, 7) is 1.46. The van der Waals surface area contributed by atoms with Crippen molar-refractivity contribution in [3.8, 4) is 11.8 Å². The lowest BCUT2D eigenvalue weighted by Crippen LogP contribution is -2.12. The first kappa shape index (κ1) is 18.7. The summed E-state index contributed by atoms with van der Waals surface area (Å²) in [5.41, 5.74) is 1.70. The van der Waals surface area contributed by atoms with Crippen molar-refractivity contribution in [1.29, 1.82) is 0 Å². The molecule has 2 heterocycles. The first-order valence-corrected chi connectivity index (χ1v) is 7.24. The third kappa shape index (κ3) is 3.90. The molecule has 136 valence electrons. The SMILES string of the molecule is Cc1c(CCC(=O)O)c(O)n(Nc2ccc(C(F)(F)F)c(Cl)n2)c1O. The molecule has 0 bridgehead atoms. The number of rotatable bonds is 5. The van der Waals surface area contributed by atoms with Gasteiger partial charge in [-0.05, 0) is 25.5 Å². The fraction of sp³-hybridized carbons (Fsp3) is 0.286. The molecule has 25 heavy (non-hydrogen) atoms. The predicted octanol–water partition coefficient (Wildman–Crippen LogP) is 3.17. The molecule has 0 spiro atoms. The van der Waals surface area contributed by atoms with Gasteiger partial charge in [-0.1, -0.05) is 11.6 Å². The van der Waals surface area contributed by atoms with Gasteiger partial charge in [0.25, 0.3) is 0 Å². The smallest absolute Gasteiger partial charge is 0.419 e. The van der Waals surface area contributed by atoms with Gasteiger partial charge in [0, 0.05) is 17.5 Å². The van der Waals surface area contributed by atoms with E-state index in [1.807, 2.05) is 0 Å². The lowest BCUT2D eigenvalue weighted by molar-refractivity contribution is -0.138. The molecule has 4 N–H and O–H groups in total. The number of nitrogens with zero attached hydrogens (tertiary/aromatic N) is 2. The van der Waals surface area contributed by atoms with Crippen LogP contribution in [0.2, 0.25) is 5.15 Å². The number of aromatic nitrogens is 2. The number of carboxylic acids is 1. The van der Waals surface area contributed by atoms with E-state index in [4.69, 9.17) is 16.7 Å². The van der Waals surface area contributed by atoms with E-state index in [-0.39, 0.29) is 29.8 Å². The van der Waals surface area contributed by atoms with Crippen LogP contribution in [0.1, 0.15) is 23.1 Å². The Kier molecular flexibility index (Phi) is 5.02. The van der Waals surface area contributed by atoms with Crippen LogP contribution in [0.3, 0.4) is 0 Å². The number of halogens is 4. The molecule has 0 aliphatic heterocycles. The molecule has 11 heteroatoms. The average Bonchev–Trinajstić information content (AvgIpc) is 2.68. The Hall–Kier alpha value is -2.62. The minimum Gasteiger partial charge on any atom is -0.493 e. The Labute approximate surface area is 144 Å². The van der Waals surface area contributed by atoms with Crippen LogP contribution in [-0.4, -0.2) is 30.9 Å². The van der Waals surface area contributed by atoms with Crippen molar-refractivity contribution in [3.05, 3.63) is 34.0 Å². The van der Waals surface area contributed by atoms with Crippen LogP contribution in [0.15, 0.2) is 12.1 Å². The second-order valence-electron chi connectivity index (χ2n) is 5.12. The highest BCUT2D eigenvalue weighted by Crippen LogP contribution is 2.36. The largest absolute Gasteiger partial charge is 0.493 e. The van der Waals surface area contributed by atoms with Gasteiger partial charge in [-0.2, -0.15) is 17.8 Å². The zero-order chi connectivity index (χ0) is 18.9. The molecule has 7 nitrogen and oxygen atoms in total. The van der Waals surface area contributed by atoms with E-state index < -0.39 is 34.6 Å².